The number of carboxylic acids is 1. The summed E-state index contributed by atoms with van der Waals surface area (Å²) in [6.07, 6.45) is 6.07. The smallest absolute Gasteiger partial charge is 0.335 e. The second-order valence-corrected chi connectivity index (χ2v) is 6.65. The number of aromatic carboxylic acids is 1. The van der Waals surface area contributed by atoms with E-state index in [4.69, 9.17) is 5.11 Å². The summed E-state index contributed by atoms with van der Waals surface area (Å²) in [5, 5.41) is 9.13. The molecule has 0 bridgehead atoms. The van der Waals surface area contributed by atoms with Crippen molar-refractivity contribution in [2.24, 2.45) is 0 Å². The molecule has 3 nitrogen and oxygen atoms in total. The number of nitrogens with zero attached hydrogens (tertiary/aromatic N) is 1. The number of carboxylic acid groups (broad SMARTS) is 1. The summed E-state index contributed by atoms with van der Waals surface area (Å²) in [5.74, 6) is -0.849. The van der Waals surface area contributed by atoms with Crippen molar-refractivity contribution in [1.29, 1.82) is 0 Å². The molecule has 1 aliphatic heterocycles. The van der Waals surface area contributed by atoms with Crippen molar-refractivity contribution in [2.75, 3.05) is 6.54 Å². The molecule has 1 saturated heterocycles. The standard InChI is InChI=1S/C21H25NO2/c23-21(24)19-11-4-10-18(15-19)16-22-14-6-13-20(22)12-5-9-17-7-2-1-3-8-17/h1-4,7-8,10-11,15,20H,5-6,9,12-14,16H2,(H,23,24). The Labute approximate surface area is 143 Å². The Balaban J connectivity index is 1.53. The van der Waals surface area contributed by atoms with Crippen LogP contribution in [0.15, 0.2) is 54.6 Å². The molecule has 0 saturated carbocycles. The molecule has 2 aromatic carbocycles. The third-order valence-corrected chi connectivity index (χ3v) is 4.90. The first-order valence-corrected chi connectivity index (χ1v) is 8.82. The van der Waals surface area contributed by atoms with Crippen LogP contribution >= 0.6 is 0 Å². The Morgan fingerprint density at radius 3 is 2.67 bits per heavy atom. The lowest BCUT2D eigenvalue weighted by molar-refractivity contribution is 0.0696. The molecular weight excluding hydrogens is 298 g/mol. The fourth-order valence-corrected chi connectivity index (χ4v) is 3.65. The van der Waals surface area contributed by atoms with Crippen LogP contribution in [0.4, 0.5) is 0 Å². The molecule has 1 aliphatic rings. The van der Waals surface area contributed by atoms with Gasteiger partial charge in [-0.1, -0.05) is 42.5 Å². The number of hydrogen-bond acceptors (Lipinski definition) is 2. The number of likely N-dealkylation sites (tertiary alicyclic amines) is 1. The fraction of sp³-hybridized carbons (Fsp3) is 0.381. The third-order valence-electron chi connectivity index (χ3n) is 4.90. The highest BCUT2D eigenvalue weighted by Crippen LogP contribution is 2.24. The Morgan fingerprint density at radius 2 is 1.88 bits per heavy atom. The van der Waals surface area contributed by atoms with Crippen LogP contribution in [0.5, 0.6) is 0 Å². The van der Waals surface area contributed by atoms with Gasteiger partial charge in [-0.15, -0.1) is 0 Å². The lowest BCUT2D eigenvalue weighted by atomic mass is 10.0. The molecule has 0 amide bonds. The largest absolute Gasteiger partial charge is 0.478 e. The average Bonchev–Trinajstić information content (AvgIpc) is 3.03. The van der Waals surface area contributed by atoms with Crippen LogP contribution in [0, 0.1) is 0 Å². The summed E-state index contributed by atoms with van der Waals surface area (Å²) >= 11 is 0. The van der Waals surface area contributed by atoms with Gasteiger partial charge in [-0.25, -0.2) is 4.79 Å². The van der Waals surface area contributed by atoms with E-state index >= 15 is 0 Å². The highest BCUT2D eigenvalue weighted by Gasteiger charge is 2.24. The van der Waals surface area contributed by atoms with Gasteiger partial charge in [-0.05, 0) is 61.9 Å². The maximum Gasteiger partial charge on any atom is 0.335 e. The number of aryl methyl sites for hydroxylation is 1. The van der Waals surface area contributed by atoms with E-state index in [1.807, 2.05) is 18.2 Å². The van der Waals surface area contributed by atoms with E-state index in [0.29, 0.717) is 11.6 Å². The minimum Gasteiger partial charge on any atom is -0.478 e. The van der Waals surface area contributed by atoms with Gasteiger partial charge in [-0.3, -0.25) is 4.90 Å². The molecule has 1 N–H and O–H groups in total. The summed E-state index contributed by atoms with van der Waals surface area (Å²) in [6, 6.07) is 18.6. The average molecular weight is 323 g/mol. The van der Waals surface area contributed by atoms with Crippen molar-refractivity contribution in [3.05, 3.63) is 71.3 Å². The number of rotatable bonds is 7. The van der Waals surface area contributed by atoms with Gasteiger partial charge < -0.3 is 5.11 Å². The molecule has 1 heterocycles. The molecule has 0 spiro atoms. The molecule has 3 heteroatoms. The Morgan fingerprint density at radius 1 is 1.08 bits per heavy atom. The maximum atomic E-state index is 11.1. The first-order valence-electron chi connectivity index (χ1n) is 8.82. The van der Waals surface area contributed by atoms with Gasteiger partial charge in [0.2, 0.25) is 0 Å². The van der Waals surface area contributed by atoms with Crippen LogP contribution in [-0.4, -0.2) is 28.6 Å². The molecule has 24 heavy (non-hydrogen) atoms. The van der Waals surface area contributed by atoms with Crippen molar-refractivity contribution < 1.29 is 9.90 Å². The Hall–Kier alpha value is -2.13. The Kier molecular flexibility index (Phi) is 5.65. The van der Waals surface area contributed by atoms with E-state index in [2.05, 4.69) is 35.2 Å². The van der Waals surface area contributed by atoms with Crippen LogP contribution in [-0.2, 0) is 13.0 Å². The summed E-state index contributed by atoms with van der Waals surface area (Å²) in [6.45, 7) is 1.98. The predicted octanol–water partition coefficient (Wildman–Crippen LogP) is 4.37. The molecule has 0 radical (unpaired) electrons. The van der Waals surface area contributed by atoms with Crippen LogP contribution in [0.2, 0.25) is 0 Å². The first-order chi connectivity index (χ1) is 11.7. The van der Waals surface area contributed by atoms with Crippen molar-refractivity contribution in [3.63, 3.8) is 0 Å². The lowest BCUT2D eigenvalue weighted by Crippen LogP contribution is -2.29. The van der Waals surface area contributed by atoms with Crippen molar-refractivity contribution >= 4 is 5.97 Å². The van der Waals surface area contributed by atoms with Gasteiger partial charge in [-0.2, -0.15) is 0 Å². The highest BCUT2D eigenvalue weighted by molar-refractivity contribution is 5.87. The molecule has 3 rings (SSSR count). The molecule has 0 aliphatic carbocycles. The van der Waals surface area contributed by atoms with Gasteiger partial charge in [0.1, 0.15) is 0 Å². The molecule has 1 unspecified atom stereocenters. The Bertz CT molecular complexity index is 669. The lowest BCUT2D eigenvalue weighted by Gasteiger charge is -2.24. The number of hydrogen-bond donors (Lipinski definition) is 1. The van der Waals surface area contributed by atoms with Crippen molar-refractivity contribution in [1.82, 2.24) is 4.90 Å². The normalized spacial score (nSPS) is 17.9. The van der Waals surface area contributed by atoms with E-state index in [9.17, 15) is 4.79 Å². The van der Waals surface area contributed by atoms with Gasteiger partial charge in [0.05, 0.1) is 5.56 Å². The minimum absolute atomic E-state index is 0.382. The van der Waals surface area contributed by atoms with Gasteiger partial charge in [0, 0.05) is 12.6 Å². The SMILES string of the molecule is O=C(O)c1cccc(CN2CCCC2CCCc2ccccc2)c1. The minimum atomic E-state index is -0.849. The highest BCUT2D eigenvalue weighted by atomic mass is 16.4. The monoisotopic (exact) mass is 323 g/mol. The third kappa shape index (κ3) is 4.45. The summed E-state index contributed by atoms with van der Waals surface area (Å²) in [7, 11) is 0. The zero-order chi connectivity index (χ0) is 16.8. The quantitative estimate of drug-likeness (QED) is 0.822. The van der Waals surface area contributed by atoms with Crippen LogP contribution in [0.3, 0.4) is 0 Å². The van der Waals surface area contributed by atoms with E-state index < -0.39 is 5.97 Å². The zero-order valence-corrected chi connectivity index (χ0v) is 14.0. The molecule has 126 valence electrons. The van der Waals surface area contributed by atoms with Gasteiger partial charge in [0.15, 0.2) is 0 Å². The molecule has 0 aromatic heterocycles. The molecule has 2 aromatic rings. The summed E-state index contributed by atoms with van der Waals surface area (Å²) in [5.41, 5.74) is 2.90. The van der Waals surface area contributed by atoms with Gasteiger partial charge in [0.25, 0.3) is 0 Å². The van der Waals surface area contributed by atoms with Crippen molar-refractivity contribution in [2.45, 2.75) is 44.7 Å². The second kappa shape index (κ2) is 8.11. The van der Waals surface area contributed by atoms with E-state index in [1.54, 1.807) is 6.07 Å². The van der Waals surface area contributed by atoms with Crippen LogP contribution in [0.25, 0.3) is 0 Å². The maximum absolute atomic E-state index is 11.1. The first kappa shape index (κ1) is 16.7. The molecule has 1 fully saturated rings. The van der Waals surface area contributed by atoms with Crippen LogP contribution in [0.1, 0.15) is 47.2 Å². The van der Waals surface area contributed by atoms with E-state index in [1.165, 1.54) is 31.2 Å². The number of carbonyl (C=O) groups is 1. The predicted molar refractivity (Wildman–Crippen MR) is 96.2 cm³/mol. The summed E-state index contributed by atoms with van der Waals surface area (Å²) < 4.78 is 0. The zero-order valence-electron chi connectivity index (χ0n) is 14.0. The second-order valence-electron chi connectivity index (χ2n) is 6.65. The van der Waals surface area contributed by atoms with E-state index in [-0.39, 0.29) is 0 Å². The van der Waals surface area contributed by atoms with E-state index in [0.717, 1.165) is 25.1 Å². The fourth-order valence-electron chi connectivity index (χ4n) is 3.65. The topological polar surface area (TPSA) is 40.5 Å². The van der Waals surface area contributed by atoms with Crippen LogP contribution < -0.4 is 0 Å². The molecule has 1 atom stereocenters. The van der Waals surface area contributed by atoms with Gasteiger partial charge >= 0.3 is 5.97 Å². The summed E-state index contributed by atoms with van der Waals surface area (Å²) in [4.78, 5) is 13.6. The number of benzene rings is 2. The van der Waals surface area contributed by atoms with Crippen molar-refractivity contribution in [3.8, 4) is 0 Å². The molecular formula is C21H25NO2.